The largest absolute Gasteiger partial charge is 0.493 e. The van der Waals surface area contributed by atoms with Gasteiger partial charge in [-0.2, -0.15) is 10.2 Å². The Bertz CT molecular complexity index is 2930. The second-order valence-corrected chi connectivity index (χ2v) is 22.8. The molecule has 0 spiro atoms. The molecular weight excluding hydrogens is 861 g/mol. The zero-order valence-corrected chi connectivity index (χ0v) is 43.0. The quantitative estimate of drug-likeness (QED) is 0.156. The minimum Gasteiger partial charge on any atom is -0.493 e. The van der Waals surface area contributed by atoms with E-state index in [-0.39, 0.29) is 40.1 Å². The molecule has 0 radical (unpaired) electrons. The number of nitrogens with one attached hydrogen (secondary N) is 2. The summed E-state index contributed by atoms with van der Waals surface area (Å²) >= 11 is 0. The van der Waals surface area contributed by atoms with Gasteiger partial charge in [0.25, 0.3) is 0 Å². The van der Waals surface area contributed by atoms with Crippen molar-refractivity contribution in [1.82, 2.24) is 9.97 Å². The zero-order valence-electron chi connectivity index (χ0n) is 43.0. The number of ether oxygens (including phenoxy) is 3. The topological polar surface area (TPSA) is 131 Å². The van der Waals surface area contributed by atoms with Crippen LogP contribution in [0.15, 0.2) is 127 Å². The molecule has 10 heteroatoms. The van der Waals surface area contributed by atoms with Crippen molar-refractivity contribution in [2.24, 2.45) is 10.2 Å². The number of fused-ring (bicyclic) bond motifs is 5. The first-order chi connectivity index (χ1) is 31.6. The van der Waals surface area contributed by atoms with Crippen molar-refractivity contribution in [2.75, 3.05) is 13.4 Å². The van der Waals surface area contributed by atoms with Gasteiger partial charge in [0.2, 0.25) is 12.4 Å². The number of aromatic nitrogens is 2. The molecular formula is C59H76N4O6. The molecule has 0 fully saturated rings. The predicted octanol–water partition coefficient (Wildman–Crippen LogP) is 15.1. The average molecular weight is 937 g/mol. The number of pyridine rings is 1. The lowest BCUT2D eigenvalue weighted by molar-refractivity contribution is 0.174. The smallest absolute Gasteiger partial charge is 0.417 e. The van der Waals surface area contributed by atoms with Crippen LogP contribution in [-0.2, 0) is 40.0 Å². The van der Waals surface area contributed by atoms with Crippen molar-refractivity contribution < 1.29 is 18.6 Å². The van der Waals surface area contributed by atoms with E-state index in [4.69, 9.17) is 18.6 Å². The normalized spacial score (nSPS) is 13.5. The Morgan fingerprint density at radius 2 is 1.00 bits per heavy atom. The van der Waals surface area contributed by atoms with E-state index in [2.05, 4.69) is 185 Å². The van der Waals surface area contributed by atoms with Crippen LogP contribution in [0.5, 0.6) is 17.2 Å². The fourth-order valence-electron chi connectivity index (χ4n) is 7.48. The number of azo groups is 1. The molecule has 3 aliphatic heterocycles. The number of hydrogen-bond acceptors (Lipinski definition) is 8. The van der Waals surface area contributed by atoms with Gasteiger partial charge in [-0.1, -0.05) is 154 Å². The summed E-state index contributed by atoms with van der Waals surface area (Å²) in [6.45, 7) is 34.7. The van der Waals surface area contributed by atoms with E-state index in [0.717, 1.165) is 58.9 Å². The number of rotatable bonds is 0. The van der Waals surface area contributed by atoms with Crippen molar-refractivity contribution in [3.8, 4) is 17.2 Å². The number of benzene rings is 5. The first-order valence-electron chi connectivity index (χ1n) is 23.6. The standard InChI is InChI=1S/C13H15NO.C12H16O.C11H14N2.C11H13NO2.C11H14O2.CH4/c1-13(2,3)10-5-6-11-9(8-10)4-7-12(15)14-11;1-12(2,3)10-5-4-9-6-7-13-11(9)8-10;1-11(2,3)9-5-4-8-7-12-13-10(8)6-9;1-11(2,3)7-4-5-9-8(6-7)12-10(13)14-9;1-11(2,3)8-4-5-9-10(6-8)13-7-12-9;/h4-8H,1-3H3,(H,14,15);4-5,8H,6-7H2,1-3H3;4-6H,7H2,1-3H3;4-6H,1-3H3,(H,12,13);4-6H,7H2,1-3H3;1H4. The summed E-state index contributed by atoms with van der Waals surface area (Å²) in [6, 6.07) is 34.5. The molecule has 0 bridgehead atoms. The molecule has 0 atom stereocenters. The van der Waals surface area contributed by atoms with Crippen molar-refractivity contribution in [1.29, 1.82) is 0 Å². The maximum Gasteiger partial charge on any atom is 0.417 e. The van der Waals surface area contributed by atoms with E-state index >= 15 is 0 Å². The van der Waals surface area contributed by atoms with Crippen LogP contribution in [0.4, 0.5) is 5.69 Å². The molecule has 0 amide bonds. The molecule has 0 saturated carbocycles. The third kappa shape index (κ3) is 14.3. The Balaban J connectivity index is 0.000000160. The first-order valence-corrected chi connectivity index (χ1v) is 23.6. The summed E-state index contributed by atoms with van der Waals surface area (Å²) in [7, 11) is 0. The Labute approximate surface area is 410 Å². The van der Waals surface area contributed by atoms with Crippen LogP contribution in [0.25, 0.3) is 22.0 Å². The number of hydrogen-bond donors (Lipinski definition) is 2. The second kappa shape index (κ2) is 21.1. The minimum absolute atomic E-state index is 0. The van der Waals surface area contributed by atoms with Gasteiger partial charge >= 0.3 is 5.76 Å². The Morgan fingerprint density at radius 3 is 1.64 bits per heavy atom. The summed E-state index contributed by atoms with van der Waals surface area (Å²) in [5.74, 6) is 2.42. The molecule has 368 valence electrons. The van der Waals surface area contributed by atoms with Crippen molar-refractivity contribution >= 4 is 27.7 Å². The summed E-state index contributed by atoms with van der Waals surface area (Å²) in [6.07, 6.45) is 1.07. The molecule has 2 aromatic heterocycles. The molecule has 0 aliphatic carbocycles. The van der Waals surface area contributed by atoms with E-state index in [1.165, 1.54) is 38.9 Å². The monoisotopic (exact) mass is 937 g/mol. The van der Waals surface area contributed by atoms with Crippen molar-refractivity contribution in [3.63, 3.8) is 0 Å². The van der Waals surface area contributed by atoms with Gasteiger partial charge in [0, 0.05) is 23.6 Å². The van der Waals surface area contributed by atoms with Crippen molar-refractivity contribution in [2.45, 2.75) is 151 Å². The molecule has 0 saturated heterocycles. The lowest BCUT2D eigenvalue weighted by atomic mass is 9.86. The summed E-state index contributed by atoms with van der Waals surface area (Å²) in [4.78, 5) is 27.5. The average Bonchev–Trinajstić information content (AvgIpc) is 4.08. The highest BCUT2D eigenvalue weighted by atomic mass is 16.7. The van der Waals surface area contributed by atoms with Crippen molar-refractivity contribution in [3.05, 3.63) is 163 Å². The van der Waals surface area contributed by atoms with Crippen LogP contribution in [0, 0.1) is 0 Å². The third-order valence-electron chi connectivity index (χ3n) is 12.0. The second-order valence-electron chi connectivity index (χ2n) is 22.8. The lowest BCUT2D eigenvalue weighted by Crippen LogP contribution is -2.11. The molecule has 7 aromatic rings. The Morgan fingerprint density at radius 1 is 0.478 bits per heavy atom. The minimum atomic E-state index is -0.397. The molecule has 5 heterocycles. The SMILES string of the molecule is C.CC(C)(C)c1ccc2[nH]c(=O)ccc2c1.CC(C)(C)c1ccc2c(c1)N=NC2.CC(C)(C)c1ccc2c(c1)OCC2.CC(C)(C)c1ccc2c(c1)OCO2.CC(C)(C)c1ccc2oc(=O)[nH]c2c1. The number of H-pyrrole nitrogens is 2. The Kier molecular flexibility index (Phi) is 16.3. The number of nitrogens with zero attached hydrogens (tertiary/aromatic N) is 2. The van der Waals surface area contributed by atoms with Gasteiger partial charge in [-0.15, -0.1) is 0 Å². The van der Waals surface area contributed by atoms with Crippen LogP contribution in [0.3, 0.4) is 0 Å². The van der Waals surface area contributed by atoms with E-state index < -0.39 is 5.76 Å². The lowest BCUT2D eigenvalue weighted by Gasteiger charge is -2.19. The highest BCUT2D eigenvalue weighted by Crippen LogP contribution is 2.37. The number of oxazole rings is 1. The highest BCUT2D eigenvalue weighted by molar-refractivity contribution is 5.79. The predicted molar refractivity (Wildman–Crippen MR) is 285 cm³/mol. The molecule has 10 nitrogen and oxygen atoms in total. The summed E-state index contributed by atoms with van der Waals surface area (Å²) in [5.41, 5.74) is 13.1. The Hall–Kier alpha value is -6.42. The summed E-state index contributed by atoms with van der Waals surface area (Å²) < 4.78 is 21.0. The zero-order chi connectivity index (χ0) is 49.8. The fraction of sp³-hybridized carbons (Fsp3) is 0.424. The van der Waals surface area contributed by atoms with Gasteiger partial charge in [0.15, 0.2) is 17.1 Å². The van der Waals surface area contributed by atoms with E-state index in [0.29, 0.717) is 12.4 Å². The van der Waals surface area contributed by atoms with Crippen LogP contribution in [0.2, 0.25) is 0 Å². The van der Waals surface area contributed by atoms with Gasteiger partial charge in [0.1, 0.15) is 5.75 Å². The van der Waals surface area contributed by atoms with E-state index in [1.54, 1.807) is 6.07 Å². The fourth-order valence-corrected chi connectivity index (χ4v) is 7.48. The van der Waals surface area contributed by atoms with E-state index in [1.807, 2.05) is 36.4 Å². The molecule has 69 heavy (non-hydrogen) atoms. The van der Waals surface area contributed by atoms with Gasteiger partial charge in [-0.25, -0.2) is 4.79 Å². The highest BCUT2D eigenvalue weighted by Gasteiger charge is 2.21. The first kappa shape index (κ1) is 53.5. The van der Waals surface area contributed by atoms with Gasteiger partial charge < -0.3 is 23.6 Å². The van der Waals surface area contributed by atoms with Gasteiger partial charge in [0.05, 0.1) is 24.4 Å². The maximum absolute atomic E-state index is 11.1. The molecule has 0 unspecified atom stereocenters. The molecule has 3 aliphatic rings. The molecule has 5 aromatic carbocycles. The molecule has 10 rings (SSSR count). The van der Waals surface area contributed by atoms with Crippen LogP contribution in [-0.4, -0.2) is 23.4 Å². The van der Waals surface area contributed by atoms with Gasteiger partial charge in [-0.3, -0.25) is 9.78 Å². The van der Waals surface area contributed by atoms with Crippen LogP contribution in [0.1, 0.15) is 150 Å². The van der Waals surface area contributed by atoms with E-state index in [9.17, 15) is 9.59 Å². The van der Waals surface area contributed by atoms with Crippen LogP contribution < -0.4 is 25.5 Å². The van der Waals surface area contributed by atoms with Crippen LogP contribution >= 0.6 is 0 Å². The maximum atomic E-state index is 11.1. The number of aromatic amines is 2. The van der Waals surface area contributed by atoms with Gasteiger partial charge in [-0.05, 0) is 120 Å². The summed E-state index contributed by atoms with van der Waals surface area (Å²) in [5, 5.41) is 9.18. The third-order valence-corrected chi connectivity index (χ3v) is 12.0. The molecule has 2 N–H and O–H groups in total.